The Morgan fingerprint density at radius 1 is 0.750 bits per heavy atom. The summed E-state index contributed by atoms with van der Waals surface area (Å²) < 4.78 is 11.2. The lowest BCUT2D eigenvalue weighted by molar-refractivity contribution is -0.144. The first-order valence-electron chi connectivity index (χ1n) is 24.2. The average Bonchev–Trinajstić information content (AvgIpc) is 3.59. The highest BCUT2D eigenvalue weighted by Gasteiger charge is 2.38. The molecule has 1 aromatic carbocycles. The van der Waals surface area contributed by atoms with Gasteiger partial charge in [0.1, 0.15) is 6.61 Å². The number of ether oxygens (including phenoxy) is 2. The zero-order valence-electron chi connectivity index (χ0n) is 42.7. The van der Waals surface area contributed by atoms with Gasteiger partial charge < -0.3 is 41.0 Å². The third-order valence-electron chi connectivity index (χ3n) is 12.7. The maximum atomic E-state index is 13.9. The van der Waals surface area contributed by atoms with Gasteiger partial charge in [0.05, 0.1) is 24.2 Å². The van der Waals surface area contributed by atoms with E-state index in [0.717, 1.165) is 0 Å². The molecule has 6 atom stereocenters. The van der Waals surface area contributed by atoms with Crippen LogP contribution in [0.15, 0.2) is 24.3 Å². The van der Waals surface area contributed by atoms with E-state index in [2.05, 4.69) is 16.0 Å². The molecule has 1 aromatic rings. The summed E-state index contributed by atoms with van der Waals surface area (Å²) in [6.07, 6.45) is 1.75. The zero-order valence-corrected chi connectivity index (χ0v) is 42.7. The fourth-order valence-corrected chi connectivity index (χ4v) is 8.85. The highest BCUT2D eigenvalue weighted by molar-refractivity contribution is 6.02. The van der Waals surface area contributed by atoms with Crippen LogP contribution in [0, 0.1) is 35.5 Å². The van der Waals surface area contributed by atoms with Crippen LogP contribution in [0.3, 0.4) is 0 Å². The molecule has 0 saturated carbocycles. The Morgan fingerprint density at radius 3 is 1.90 bits per heavy atom. The number of anilines is 1. The number of likely N-dealkylation sites (tertiary alicyclic amines) is 1. The summed E-state index contributed by atoms with van der Waals surface area (Å²) >= 11 is 0. The van der Waals surface area contributed by atoms with Gasteiger partial charge in [0.2, 0.25) is 29.5 Å². The Balaban J connectivity index is 2.07. The minimum absolute atomic E-state index is 0.0493. The summed E-state index contributed by atoms with van der Waals surface area (Å²) in [7, 11) is 4.86. The maximum Gasteiger partial charge on any atom is 0.410 e. The van der Waals surface area contributed by atoms with Crippen molar-refractivity contribution in [3.05, 3.63) is 29.8 Å². The van der Waals surface area contributed by atoms with E-state index < -0.39 is 42.0 Å². The molecule has 1 fully saturated rings. The minimum Gasteiger partial charge on any atom is -0.445 e. The third kappa shape index (κ3) is 18.6. The number of nitrogens with zero attached hydrogens (tertiary/aromatic N) is 3. The molecule has 0 aliphatic carbocycles. The molecule has 1 aliphatic heterocycles. The molecule has 2 rings (SSSR count). The number of imide groups is 1. The number of methoxy groups -OCH3 is 1. The molecule has 8 amide bonds. The number of amides is 8. The molecule has 0 bridgehead atoms. The SMILES string of the molecule is CO[C@H](C)[C@H](C(C)C)N(C)C(=O)[C@@H](CC(=O)[C@H](C(C)C)N(C)C(=O)OCc1ccc(NC(=O)[C@H](CCCNC(N)=O)CC(=O)[C@@H](NC(=O)CCCCCN2C(=O)CCC2=O)C(C)C)cc1)C(C)C. The summed E-state index contributed by atoms with van der Waals surface area (Å²) in [4.78, 5) is 121. The first kappa shape index (κ1) is 58.7. The zero-order chi connectivity index (χ0) is 51.4. The van der Waals surface area contributed by atoms with E-state index >= 15 is 0 Å². The number of primary amides is 1. The predicted octanol–water partition coefficient (Wildman–Crippen LogP) is 5.84. The van der Waals surface area contributed by atoms with Crippen molar-refractivity contribution in [2.24, 2.45) is 41.2 Å². The predicted molar refractivity (Wildman–Crippen MR) is 259 cm³/mol. The van der Waals surface area contributed by atoms with Gasteiger partial charge in [-0.3, -0.25) is 38.5 Å². The van der Waals surface area contributed by atoms with E-state index in [4.69, 9.17) is 15.2 Å². The van der Waals surface area contributed by atoms with E-state index in [1.165, 1.54) is 16.8 Å². The molecule has 382 valence electrons. The lowest BCUT2D eigenvalue weighted by Crippen LogP contribution is -2.51. The van der Waals surface area contributed by atoms with Gasteiger partial charge in [-0.15, -0.1) is 0 Å². The highest BCUT2D eigenvalue weighted by atomic mass is 16.6. The molecule has 0 spiro atoms. The lowest BCUT2D eigenvalue weighted by atomic mass is 9.84. The number of carbonyl (C=O) groups is 9. The fraction of sp³-hybridized carbons (Fsp3) is 0.700. The second kappa shape index (κ2) is 28.8. The number of ketones is 2. The number of carbonyl (C=O) groups excluding carboxylic acids is 9. The summed E-state index contributed by atoms with van der Waals surface area (Å²) in [5.74, 6) is -3.82. The van der Waals surface area contributed by atoms with E-state index in [-0.39, 0.29) is 123 Å². The highest BCUT2D eigenvalue weighted by Crippen LogP contribution is 2.27. The second-order valence-electron chi connectivity index (χ2n) is 19.5. The Hall–Kier alpha value is -5.39. The Kier molecular flexibility index (Phi) is 24.9. The van der Waals surface area contributed by atoms with E-state index in [9.17, 15) is 43.2 Å². The van der Waals surface area contributed by atoms with Crippen molar-refractivity contribution >= 4 is 58.9 Å². The molecular weight excluding hydrogens is 875 g/mol. The topological polar surface area (TPSA) is 244 Å². The Bertz CT molecular complexity index is 1850. The summed E-state index contributed by atoms with van der Waals surface area (Å²) in [6, 6.07) is 4.00. The summed E-state index contributed by atoms with van der Waals surface area (Å²) in [5, 5.41) is 8.18. The van der Waals surface area contributed by atoms with Crippen molar-refractivity contribution in [3.63, 3.8) is 0 Å². The molecule has 18 heteroatoms. The van der Waals surface area contributed by atoms with Crippen LogP contribution in [0.2, 0.25) is 0 Å². The van der Waals surface area contributed by atoms with Crippen molar-refractivity contribution in [3.8, 4) is 0 Å². The number of hydrogen-bond donors (Lipinski definition) is 4. The number of likely N-dealkylation sites (N-methyl/N-ethyl adjacent to an activating group) is 2. The molecule has 1 saturated heterocycles. The van der Waals surface area contributed by atoms with Crippen molar-refractivity contribution in [1.82, 2.24) is 25.3 Å². The van der Waals surface area contributed by atoms with Crippen LogP contribution in [-0.4, -0.2) is 126 Å². The first-order chi connectivity index (χ1) is 31.9. The van der Waals surface area contributed by atoms with E-state index in [1.54, 1.807) is 57.2 Å². The van der Waals surface area contributed by atoms with Gasteiger partial charge in [0, 0.05) is 83.9 Å². The van der Waals surface area contributed by atoms with Crippen LogP contribution in [0.25, 0.3) is 0 Å². The molecule has 68 heavy (non-hydrogen) atoms. The molecule has 0 aromatic heterocycles. The Labute approximate surface area is 403 Å². The van der Waals surface area contributed by atoms with E-state index in [0.29, 0.717) is 43.5 Å². The molecule has 1 aliphatic rings. The monoisotopic (exact) mass is 956 g/mol. The first-order valence-corrected chi connectivity index (χ1v) is 24.2. The number of unbranched alkanes of at least 4 members (excludes halogenated alkanes) is 2. The van der Waals surface area contributed by atoms with Crippen molar-refractivity contribution in [1.29, 1.82) is 0 Å². The van der Waals surface area contributed by atoms with Crippen molar-refractivity contribution in [2.45, 2.75) is 157 Å². The molecule has 18 nitrogen and oxygen atoms in total. The third-order valence-corrected chi connectivity index (χ3v) is 12.7. The number of rotatable bonds is 30. The Morgan fingerprint density at radius 2 is 1.37 bits per heavy atom. The normalized spacial score (nSPS) is 15.4. The molecule has 1 heterocycles. The summed E-state index contributed by atoms with van der Waals surface area (Å²) in [6.45, 7) is 17.5. The quantitative estimate of drug-likeness (QED) is 0.0527. The van der Waals surface area contributed by atoms with Crippen LogP contribution >= 0.6 is 0 Å². The van der Waals surface area contributed by atoms with Gasteiger partial charge in [0.25, 0.3) is 0 Å². The molecular formula is C50H81N7O11. The lowest BCUT2D eigenvalue weighted by Gasteiger charge is -2.38. The molecule has 0 unspecified atom stereocenters. The number of benzene rings is 1. The van der Waals surface area contributed by atoms with Crippen LogP contribution in [0.5, 0.6) is 0 Å². The number of nitrogens with two attached hydrogens (primary N) is 1. The smallest absolute Gasteiger partial charge is 0.410 e. The standard InChI is InChI=1S/C50H81N7O11/c1-30(2)38(48(64)55(10)45(32(5)6)34(9)67-12)28-40(59)46(33(7)8)56(11)50(66)68-29-35-19-21-37(22-20-35)53-47(63)36(17-16-25-52-49(51)65)27-39(58)44(31(3)4)54-41(60)18-14-13-15-26-57-42(61)23-24-43(57)62/h19-22,30-34,36,38,44-46H,13-18,23-29H2,1-12H3,(H,53,63)(H,54,60)(H3,51,52,65)/t34-,36-,38+,44+,45+,46+/m1/s1. The number of hydrogen-bond acceptors (Lipinski definition) is 11. The number of nitrogens with one attached hydrogen (secondary N) is 3. The summed E-state index contributed by atoms with van der Waals surface area (Å²) in [5.41, 5.74) is 6.24. The largest absolute Gasteiger partial charge is 0.445 e. The van der Waals surface area contributed by atoms with Gasteiger partial charge in [-0.2, -0.15) is 0 Å². The van der Waals surface area contributed by atoms with Crippen LogP contribution < -0.4 is 21.7 Å². The molecule has 0 radical (unpaired) electrons. The second-order valence-corrected chi connectivity index (χ2v) is 19.5. The fourth-order valence-electron chi connectivity index (χ4n) is 8.85. The van der Waals surface area contributed by atoms with Crippen LogP contribution in [0.4, 0.5) is 15.3 Å². The molecule has 5 N–H and O–H groups in total. The van der Waals surface area contributed by atoms with Crippen LogP contribution in [0.1, 0.15) is 132 Å². The van der Waals surface area contributed by atoms with Gasteiger partial charge in [-0.05, 0) is 74.0 Å². The van der Waals surface area contributed by atoms with Gasteiger partial charge in [-0.25, -0.2) is 9.59 Å². The number of urea groups is 1. The van der Waals surface area contributed by atoms with Gasteiger partial charge in [0.15, 0.2) is 11.6 Å². The maximum absolute atomic E-state index is 13.9. The number of Topliss-reactive ketones (excluding diaryl/α,β-unsaturated/α-hetero) is 2. The average molecular weight is 956 g/mol. The van der Waals surface area contributed by atoms with Crippen molar-refractivity contribution < 1.29 is 52.6 Å². The minimum atomic E-state index is -0.850. The van der Waals surface area contributed by atoms with Crippen LogP contribution in [-0.2, 0) is 49.6 Å². The van der Waals surface area contributed by atoms with Crippen molar-refractivity contribution in [2.75, 3.05) is 39.6 Å². The van der Waals surface area contributed by atoms with E-state index in [1.807, 2.05) is 48.5 Å². The van der Waals surface area contributed by atoms with Gasteiger partial charge in [-0.1, -0.05) is 73.9 Å². The van der Waals surface area contributed by atoms with Gasteiger partial charge >= 0.3 is 12.1 Å².